The highest BCUT2D eigenvalue weighted by molar-refractivity contribution is 6.07. The fourth-order valence-corrected chi connectivity index (χ4v) is 4.33. The van der Waals surface area contributed by atoms with Gasteiger partial charge in [0.05, 0.1) is 19.0 Å². The number of carbonyl (C=O) groups excluding carboxylic acids is 3. The van der Waals surface area contributed by atoms with Crippen molar-refractivity contribution in [3.05, 3.63) is 65.4 Å². The molecule has 6 nitrogen and oxygen atoms in total. The number of fused-ring (bicyclic) bond motifs is 2. The lowest BCUT2D eigenvalue weighted by atomic mass is 9.92. The minimum absolute atomic E-state index is 0.0518. The third-order valence-corrected chi connectivity index (χ3v) is 5.92. The van der Waals surface area contributed by atoms with E-state index in [9.17, 15) is 14.4 Å². The molecule has 0 spiro atoms. The highest BCUT2D eigenvalue weighted by Crippen LogP contribution is 2.36. The maximum atomic E-state index is 13.0. The average molecular weight is 403 g/mol. The summed E-state index contributed by atoms with van der Waals surface area (Å²) in [5, 5.41) is 1.01. The van der Waals surface area contributed by atoms with Gasteiger partial charge in [-0.15, -0.1) is 0 Å². The van der Waals surface area contributed by atoms with Gasteiger partial charge in [0, 0.05) is 22.9 Å². The molecule has 152 valence electrons. The number of amides is 1. The lowest BCUT2D eigenvalue weighted by Gasteiger charge is -2.29. The molecule has 2 aliphatic rings. The molecule has 6 heteroatoms. The number of benzene rings is 2. The molecule has 2 aromatic carbocycles. The average Bonchev–Trinajstić information content (AvgIpc) is 3.31. The van der Waals surface area contributed by atoms with Crippen LogP contribution in [0.4, 0.5) is 0 Å². The molecule has 1 aliphatic carbocycles. The van der Waals surface area contributed by atoms with Crippen LogP contribution < -0.4 is 4.74 Å². The van der Waals surface area contributed by atoms with Crippen molar-refractivity contribution in [2.45, 2.75) is 44.9 Å². The minimum Gasteiger partial charge on any atom is -0.482 e. The minimum atomic E-state index is -0.539. The Morgan fingerprint density at radius 2 is 1.93 bits per heavy atom. The highest BCUT2D eigenvalue weighted by atomic mass is 16.5. The summed E-state index contributed by atoms with van der Waals surface area (Å²) >= 11 is 0. The molecule has 0 N–H and O–H groups in total. The second kappa shape index (κ2) is 7.13. The quantitative estimate of drug-likeness (QED) is 0.610. The van der Waals surface area contributed by atoms with Crippen LogP contribution in [-0.2, 0) is 16.1 Å². The number of ether oxygens (including phenoxy) is 1. The van der Waals surface area contributed by atoms with Crippen LogP contribution in [0.3, 0.4) is 0 Å². The molecule has 1 saturated carbocycles. The molecule has 30 heavy (non-hydrogen) atoms. The number of Topliss-reactive ketones (excluding diaryl/α,β-unsaturated/α-hetero) is 2. The van der Waals surface area contributed by atoms with Gasteiger partial charge in [0.15, 0.2) is 11.9 Å². The van der Waals surface area contributed by atoms with Gasteiger partial charge in [0.2, 0.25) is 0 Å². The molecule has 2 heterocycles. The van der Waals surface area contributed by atoms with Crippen LogP contribution in [0.15, 0.2) is 52.9 Å². The van der Waals surface area contributed by atoms with E-state index in [1.165, 1.54) is 0 Å². The second-order valence-corrected chi connectivity index (χ2v) is 7.90. The van der Waals surface area contributed by atoms with E-state index in [4.69, 9.17) is 9.15 Å². The lowest BCUT2D eigenvalue weighted by Crippen LogP contribution is -2.44. The zero-order valence-corrected chi connectivity index (χ0v) is 16.6. The molecule has 1 fully saturated rings. The van der Waals surface area contributed by atoms with Gasteiger partial charge >= 0.3 is 0 Å². The fourth-order valence-electron chi connectivity index (χ4n) is 4.33. The monoisotopic (exact) mass is 403 g/mol. The van der Waals surface area contributed by atoms with Crippen molar-refractivity contribution in [3.8, 4) is 5.75 Å². The molecular weight excluding hydrogens is 382 g/mol. The Balaban J connectivity index is 1.40. The SMILES string of the molecule is C[C@@H](Oc1cccc2c1CN(C1CCC(=O)CC1=O)C2=O)c1cc2ccccc2o1. The van der Waals surface area contributed by atoms with Crippen LogP contribution in [0.5, 0.6) is 5.75 Å². The number of hydrogen-bond donors (Lipinski definition) is 0. The topological polar surface area (TPSA) is 76.8 Å². The van der Waals surface area contributed by atoms with E-state index in [2.05, 4.69) is 0 Å². The number of ketones is 2. The van der Waals surface area contributed by atoms with E-state index < -0.39 is 6.04 Å². The van der Waals surface area contributed by atoms with E-state index in [0.29, 0.717) is 36.5 Å². The van der Waals surface area contributed by atoms with E-state index in [0.717, 1.165) is 16.5 Å². The summed E-state index contributed by atoms with van der Waals surface area (Å²) in [7, 11) is 0. The summed E-state index contributed by atoms with van der Waals surface area (Å²) in [6.45, 7) is 2.21. The summed E-state index contributed by atoms with van der Waals surface area (Å²) in [6, 6.07) is 14.6. The molecule has 5 rings (SSSR count). The van der Waals surface area contributed by atoms with Gasteiger partial charge in [-0.25, -0.2) is 0 Å². The largest absolute Gasteiger partial charge is 0.482 e. The van der Waals surface area contributed by atoms with Crippen LogP contribution in [0, 0.1) is 0 Å². The van der Waals surface area contributed by atoms with E-state index >= 15 is 0 Å². The summed E-state index contributed by atoms with van der Waals surface area (Å²) in [5.41, 5.74) is 2.12. The smallest absolute Gasteiger partial charge is 0.255 e. The molecule has 3 aromatic rings. The van der Waals surface area contributed by atoms with Gasteiger partial charge < -0.3 is 14.1 Å². The summed E-state index contributed by atoms with van der Waals surface area (Å²) < 4.78 is 12.1. The molecule has 0 saturated heterocycles. The van der Waals surface area contributed by atoms with Crippen LogP contribution in [0.2, 0.25) is 0 Å². The zero-order chi connectivity index (χ0) is 20.8. The number of para-hydroxylation sites is 1. The second-order valence-electron chi connectivity index (χ2n) is 7.90. The van der Waals surface area contributed by atoms with Crippen LogP contribution in [0.1, 0.15) is 54.0 Å². The van der Waals surface area contributed by atoms with Gasteiger partial charge in [0.25, 0.3) is 5.91 Å². The van der Waals surface area contributed by atoms with Crippen molar-refractivity contribution in [1.82, 2.24) is 4.90 Å². The first-order valence-electron chi connectivity index (χ1n) is 10.1. The van der Waals surface area contributed by atoms with Crippen LogP contribution in [0.25, 0.3) is 11.0 Å². The molecule has 2 atom stereocenters. The van der Waals surface area contributed by atoms with Crippen LogP contribution >= 0.6 is 0 Å². The standard InChI is InChI=1S/C24H21NO5/c1-14(23-11-15-5-2-3-7-21(15)30-23)29-22-8-4-6-17-18(22)13-25(24(17)28)19-10-9-16(26)12-20(19)27/h2-8,11,14,19H,9-10,12-13H2,1H3/t14-,19?/m1/s1. The van der Waals surface area contributed by atoms with Crippen molar-refractivity contribution >= 4 is 28.4 Å². The summed E-state index contributed by atoms with van der Waals surface area (Å²) in [6.07, 6.45) is 0.297. The Bertz CT molecular complexity index is 1140. The van der Waals surface area contributed by atoms with Crippen molar-refractivity contribution in [2.75, 3.05) is 0 Å². The highest BCUT2D eigenvalue weighted by Gasteiger charge is 2.40. The van der Waals surface area contributed by atoms with Gasteiger partial charge in [-0.1, -0.05) is 24.3 Å². The molecule has 0 radical (unpaired) electrons. The molecule has 1 aliphatic heterocycles. The van der Waals surface area contributed by atoms with E-state index in [1.807, 2.05) is 43.3 Å². The first-order valence-corrected chi connectivity index (χ1v) is 10.1. The van der Waals surface area contributed by atoms with Gasteiger partial charge in [-0.2, -0.15) is 0 Å². The molecule has 0 bridgehead atoms. The number of hydrogen-bond acceptors (Lipinski definition) is 5. The third-order valence-electron chi connectivity index (χ3n) is 5.92. The molecule has 1 unspecified atom stereocenters. The summed E-state index contributed by atoms with van der Waals surface area (Å²) in [4.78, 5) is 38.5. The van der Waals surface area contributed by atoms with E-state index in [-0.39, 0.29) is 30.0 Å². The third kappa shape index (κ3) is 3.09. The van der Waals surface area contributed by atoms with E-state index in [1.54, 1.807) is 17.0 Å². The first-order chi connectivity index (χ1) is 14.5. The number of rotatable bonds is 4. The Labute approximate surface area is 173 Å². The Morgan fingerprint density at radius 1 is 1.10 bits per heavy atom. The number of carbonyl (C=O) groups is 3. The van der Waals surface area contributed by atoms with Crippen molar-refractivity contribution in [1.29, 1.82) is 0 Å². The Morgan fingerprint density at radius 3 is 2.73 bits per heavy atom. The number of nitrogens with zero attached hydrogens (tertiary/aromatic N) is 1. The Kier molecular flexibility index (Phi) is 4.42. The predicted octanol–water partition coefficient (Wildman–Crippen LogP) is 4.22. The Hall–Kier alpha value is -3.41. The van der Waals surface area contributed by atoms with Crippen molar-refractivity contribution in [3.63, 3.8) is 0 Å². The van der Waals surface area contributed by atoms with Gasteiger partial charge in [0.1, 0.15) is 22.9 Å². The van der Waals surface area contributed by atoms with Gasteiger partial charge in [-0.3, -0.25) is 14.4 Å². The first kappa shape index (κ1) is 18.6. The molecular formula is C24H21NO5. The zero-order valence-electron chi connectivity index (χ0n) is 16.6. The van der Waals surface area contributed by atoms with Crippen molar-refractivity contribution in [2.24, 2.45) is 0 Å². The fraction of sp³-hybridized carbons (Fsp3) is 0.292. The summed E-state index contributed by atoms with van der Waals surface area (Å²) in [5.74, 6) is 0.903. The van der Waals surface area contributed by atoms with Gasteiger partial charge in [-0.05, 0) is 37.6 Å². The molecule has 1 aromatic heterocycles. The normalized spacial score (nSPS) is 20.0. The van der Waals surface area contributed by atoms with Crippen molar-refractivity contribution < 1.29 is 23.5 Å². The van der Waals surface area contributed by atoms with Crippen LogP contribution in [-0.4, -0.2) is 28.4 Å². The predicted molar refractivity (Wildman–Crippen MR) is 109 cm³/mol. The maximum Gasteiger partial charge on any atom is 0.255 e. The lowest BCUT2D eigenvalue weighted by molar-refractivity contribution is -0.133. The maximum absolute atomic E-state index is 13.0. The number of furan rings is 1. The molecule has 1 amide bonds.